The van der Waals surface area contributed by atoms with Crippen LogP contribution in [-0.4, -0.2) is 31.3 Å². The first-order chi connectivity index (χ1) is 9.09. The SMILES string of the molecule is C[C@H](OC(N)=O)C(=O)NCCOCc1ccccc1. The molecular weight excluding hydrogens is 248 g/mol. The van der Waals surface area contributed by atoms with E-state index in [0.29, 0.717) is 19.8 Å². The van der Waals surface area contributed by atoms with Gasteiger partial charge in [-0.15, -0.1) is 0 Å². The molecule has 1 rings (SSSR count). The first-order valence-corrected chi connectivity index (χ1v) is 5.95. The minimum atomic E-state index is -0.969. The topological polar surface area (TPSA) is 90.7 Å². The molecule has 0 unspecified atom stereocenters. The second-order valence-electron chi connectivity index (χ2n) is 3.91. The molecule has 1 atom stereocenters. The molecule has 0 aromatic heterocycles. The summed E-state index contributed by atoms with van der Waals surface area (Å²) in [6.45, 7) is 2.66. The highest BCUT2D eigenvalue weighted by Gasteiger charge is 2.14. The van der Waals surface area contributed by atoms with Crippen molar-refractivity contribution >= 4 is 12.0 Å². The molecule has 0 spiro atoms. The van der Waals surface area contributed by atoms with Crippen molar-refractivity contribution in [3.63, 3.8) is 0 Å². The van der Waals surface area contributed by atoms with Gasteiger partial charge in [-0.05, 0) is 12.5 Å². The molecule has 0 radical (unpaired) electrons. The van der Waals surface area contributed by atoms with Gasteiger partial charge in [0.1, 0.15) is 0 Å². The molecule has 2 amide bonds. The predicted molar refractivity (Wildman–Crippen MR) is 69.2 cm³/mol. The smallest absolute Gasteiger partial charge is 0.405 e. The van der Waals surface area contributed by atoms with Crippen LogP contribution in [0.1, 0.15) is 12.5 Å². The Morgan fingerprint density at radius 2 is 2.00 bits per heavy atom. The second-order valence-corrected chi connectivity index (χ2v) is 3.91. The van der Waals surface area contributed by atoms with E-state index in [-0.39, 0.29) is 0 Å². The third-order valence-corrected chi connectivity index (χ3v) is 2.32. The summed E-state index contributed by atoms with van der Waals surface area (Å²) in [5.74, 6) is -0.401. The number of ether oxygens (including phenoxy) is 2. The Labute approximate surface area is 111 Å². The summed E-state index contributed by atoms with van der Waals surface area (Å²) in [5.41, 5.74) is 5.87. The lowest BCUT2D eigenvalue weighted by atomic mass is 10.2. The summed E-state index contributed by atoms with van der Waals surface area (Å²) in [6.07, 6.45) is -1.87. The van der Waals surface area contributed by atoms with Crippen LogP contribution in [0.15, 0.2) is 30.3 Å². The van der Waals surface area contributed by atoms with Crippen molar-refractivity contribution in [1.29, 1.82) is 0 Å². The summed E-state index contributed by atoms with van der Waals surface area (Å²) in [4.78, 5) is 21.9. The van der Waals surface area contributed by atoms with E-state index in [9.17, 15) is 9.59 Å². The molecule has 0 aliphatic heterocycles. The lowest BCUT2D eigenvalue weighted by molar-refractivity contribution is -0.128. The van der Waals surface area contributed by atoms with E-state index in [2.05, 4.69) is 10.1 Å². The molecule has 0 aliphatic rings. The lowest BCUT2D eigenvalue weighted by Gasteiger charge is -2.11. The van der Waals surface area contributed by atoms with Gasteiger partial charge < -0.3 is 20.5 Å². The van der Waals surface area contributed by atoms with Crippen molar-refractivity contribution in [1.82, 2.24) is 5.32 Å². The number of amides is 2. The van der Waals surface area contributed by atoms with E-state index >= 15 is 0 Å². The molecule has 19 heavy (non-hydrogen) atoms. The molecule has 6 nitrogen and oxygen atoms in total. The fourth-order valence-corrected chi connectivity index (χ4v) is 1.38. The minimum absolute atomic E-state index is 0.345. The highest BCUT2D eigenvalue weighted by atomic mass is 16.6. The Morgan fingerprint density at radius 3 is 2.63 bits per heavy atom. The zero-order valence-corrected chi connectivity index (χ0v) is 10.8. The number of benzene rings is 1. The fraction of sp³-hybridized carbons (Fsp3) is 0.385. The number of hydrogen-bond acceptors (Lipinski definition) is 4. The van der Waals surface area contributed by atoms with E-state index in [1.807, 2.05) is 30.3 Å². The van der Waals surface area contributed by atoms with Crippen LogP contribution in [-0.2, 0) is 20.9 Å². The Morgan fingerprint density at radius 1 is 1.32 bits per heavy atom. The van der Waals surface area contributed by atoms with Crippen molar-refractivity contribution in [2.24, 2.45) is 5.73 Å². The van der Waals surface area contributed by atoms with Crippen LogP contribution in [0.2, 0.25) is 0 Å². The molecule has 104 valence electrons. The molecule has 1 aromatic carbocycles. The Balaban J connectivity index is 2.10. The van der Waals surface area contributed by atoms with Crippen molar-refractivity contribution < 1.29 is 19.1 Å². The van der Waals surface area contributed by atoms with Gasteiger partial charge in [-0.1, -0.05) is 30.3 Å². The van der Waals surface area contributed by atoms with Gasteiger partial charge in [0, 0.05) is 6.54 Å². The van der Waals surface area contributed by atoms with Crippen molar-refractivity contribution in [2.75, 3.05) is 13.2 Å². The standard InChI is InChI=1S/C13H18N2O4/c1-10(19-13(14)17)12(16)15-7-8-18-9-11-5-3-2-4-6-11/h2-6,10H,7-9H2,1H3,(H2,14,17)(H,15,16)/t10-/m0/s1. The Bertz CT molecular complexity index is 408. The average Bonchev–Trinajstić information content (AvgIpc) is 2.38. The van der Waals surface area contributed by atoms with Crippen LogP contribution in [0.3, 0.4) is 0 Å². The molecule has 1 aromatic rings. The van der Waals surface area contributed by atoms with Crippen LogP contribution in [0.4, 0.5) is 4.79 Å². The average molecular weight is 266 g/mol. The van der Waals surface area contributed by atoms with Gasteiger partial charge in [-0.2, -0.15) is 0 Å². The van der Waals surface area contributed by atoms with Crippen molar-refractivity contribution in [3.8, 4) is 0 Å². The van der Waals surface area contributed by atoms with Crippen LogP contribution in [0, 0.1) is 0 Å². The molecule has 0 saturated carbocycles. The summed E-state index contributed by atoms with van der Waals surface area (Å²) < 4.78 is 9.91. The number of nitrogens with one attached hydrogen (secondary N) is 1. The van der Waals surface area contributed by atoms with Crippen LogP contribution < -0.4 is 11.1 Å². The Kier molecular flexibility index (Phi) is 6.38. The monoisotopic (exact) mass is 266 g/mol. The van der Waals surface area contributed by atoms with Gasteiger partial charge in [-0.3, -0.25) is 4.79 Å². The van der Waals surface area contributed by atoms with Crippen LogP contribution in [0.25, 0.3) is 0 Å². The van der Waals surface area contributed by atoms with E-state index in [4.69, 9.17) is 10.5 Å². The predicted octanol–water partition coefficient (Wildman–Crippen LogP) is 0.803. The maximum absolute atomic E-state index is 11.4. The molecule has 3 N–H and O–H groups in total. The first kappa shape index (κ1) is 15.0. The largest absolute Gasteiger partial charge is 0.437 e. The molecule has 6 heteroatoms. The van der Waals surface area contributed by atoms with E-state index in [1.54, 1.807) is 0 Å². The normalized spacial score (nSPS) is 11.6. The quantitative estimate of drug-likeness (QED) is 0.714. The fourth-order valence-electron chi connectivity index (χ4n) is 1.38. The third-order valence-electron chi connectivity index (χ3n) is 2.32. The molecule has 0 saturated heterocycles. The van der Waals surface area contributed by atoms with Crippen LogP contribution >= 0.6 is 0 Å². The summed E-state index contributed by atoms with van der Waals surface area (Å²) in [5, 5.41) is 2.58. The van der Waals surface area contributed by atoms with Gasteiger partial charge in [0.25, 0.3) is 5.91 Å². The zero-order chi connectivity index (χ0) is 14.1. The minimum Gasteiger partial charge on any atom is -0.437 e. The maximum Gasteiger partial charge on any atom is 0.405 e. The lowest BCUT2D eigenvalue weighted by Crippen LogP contribution is -2.38. The van der Waals surface area contributed by atoms with Gasteiger partial charge in [0.15, 0.2) is 6.10 Å². The number of nitrogens with two attached hydrogens (primary N) is 1. The van der Waals surface area contributed by atoms with Crippen molar-refractivity contribution in [3.05, 3.63) is 35.9 Å². The van der Waals surface area contributed by atoms with Gasteiger partial charge in [-0.25, -0.2) is 4.79 Å². The zero-order valence-electron chi connectivity index (χ0n) is 10.8. The molecular formula is C13H18N2O4. The van der Waals surface area contributed by atoms with Gasteiger partial charge in [0.2, 0.25) is 0 Å². The van der Waals surface area contributed by atoms with Gasteiger partial charge >= 0.3 is 6.09 Å². The van der Waals surface area contributed by atoms with Crippen LogP contribution in [0.5, 0.6) is 0 Å². The van der Waals surface area contributed by atoms with E-state index in [1.165, 1.54) is 6.92 Å². The summed E-state index contributed by atoms with van der Waals surface area (Å²) in [7, 11) is 0. The number of hydrogen-bond donors (Lipinski definition) is 2. The summed E-state index contributed by atoms with van der Waals surface area (Å²) >= 11 is 0. The van der Waals surface area contributed by atoms with E-state index < -0.39 is 18.1 Å². The highest BCUT2D eigenvalue weighted by Crippen LogP contribution is 1.99. The highest BCUT2D eigenvalue weighted by molar-refractivity contribution is 5.82. The molecule has 0 heterocycles. The molecule has 0 aliphatic carbocycles. The number of carbonyl (C=O) groups is 2. The first-order valence-electron chi connectivity index (χ1n) is 5.95. The molecule has 0 fully saturated rings. The summed E-state index contributed by atoms with van der Waals surface area (Å²) in [6, 6.07) is 9.72. The number of primary amides is 1. The molecule has 0 bridgehead atoms. The van der Waals surface area contributed by atoms with Gasteiger partial charge in [0.05, 0.1) is 13.2 Å². The number of carbonyl (C=O) groups excluding carboxylic acids is 2. The Hall–Kier alpha value is -2.08. The third kappa shape index (κ3) is 6.42. The maximum atomic E-state index is 11.4. The number of rotatable bonds is 7. The van der Waals surface area contributed by atoms with E-state index in [0.717, 1.165) is 5.56 Å². The second kappa shape index (κ2) is 8.10. The van der Waals surface area contributed by atoms with Crippen molar-refractivity contribution in [2.45, 2.75) is 19.6 Å².